The number of ether oxygens (including phenoxy) is 1. The maximum Gasteiger partial charge on any atom is 0.253 e. The average molecular weight is 571 g/mol. The largest absolute Gasteiger partial charge is 0.495 e. The summed E-state index contributed by atoms with van der Waals surface area (Å²) in [7, 11) is -0.811. The number of nitrogens with zero attached hydrogens (tertiary/aromatic N) is 2. The minimum atomic E-state index is -4.19. The van der Waals surface area contributed by atoms with Gasteiger partial charge in [-0.2, -0.15) is 4.72 Å². The molecule has 0 unspecified atom stereocenters. The molecule has 1 aliphatic heterocycles. The number of anilines is 1. The second-order valence-electron chi connectivity index (χ2n) is 9.32. The molecule has 206 valence electrons. The van der Waals surface area contributed by atoms with Crippen molar-refractivity contribution in [2.24, 2.45) is 0 Å². The summed E-state index contributed by atoms with van der Waals surface area (Å²) in [6.45, 7) is 2.96. The fourth-order valence-electron chi connectivity index (χ4n) is 4.27. The predicted octanol–water partition coefficient (Wildman–Crippen LogP) is 3.26. The Balaban J connectivity index is 1.52. The van der Waals surface area contributed by atoms with E-state index in [0.717, 1.165) is 18.7 Å². The van der Waals surface area contributed by atoms with Crippen LogP contribution in [-0.4, -0.2) is 76.4 Å². The van der Waals surface area contributed by atoms with Gasteiger partial charge in [0.05, 0.1) is 7.11 Å². The summed E-state index contributed by atoms with van der Waals surface area (Å²) >= 11 is 6.05. The Kier molecular flexibility index (Phi) is 9.24. The molecule has 0 saturated carbocycles. The molecular weight excluding hydrogens is 540 g/mol. The van der Waals surface area contributed by atoms with Crippen molar-refractivity contribution in [3.63, 3.8) is 0 Å². The topological polar surface area (TPSA) is 108 Å². The Labute approximate surface area is 233 Å². The second-order valence-corrected chi connectivity index (χ2v) is 11.4. The minimum absolute atomic E-state index is 0.0637. The molecule has 0 spiro atoms. The van der Waals surface area contributed by atoms with Crippen LogP contribution in [0.3, 0.4) is 0 Å². The van der Waals surface area contributed by atoms with Crippen molar-refractivity contribution in [3.8, 4) is 5.75 Å². The fraction of sp³-hybridized carbons (Fsp3) is 0.286. The number of piperazine rings is 1. The van der Waals surface area contributed by atoms with E-state index in [9.17, 15) is 18.0 Å². The van der Waals surface area contributed by atoms with Crippen LogP contribution in [0.4, 0.5) is 5.69 Å². The van der Waals surface area contributed by atoms with Gasteiger partial charge in [-0.25, -0.2) is 8.42 Å². The lowest BCUT2D eigenvalue weighted by Crippen LogP contribution is -2.47. The van der Waals surface area contributed by atoms with E-state index >= 15 is 0 Å². The van der Waals surface area contributed by atoms with Gasteiger partial charge < -0.3 is 19.9 Å². The summed E-state index contributed by atoms with van der Waals surface area (Å²) in [5.41, 5.74) is 1.73. The molecule has 0 aromatic heterocycles. The molecule has 2 amide bonds. The Morgan fingerprint density at radius 1 is 0.974 bits per heavy atom. The number of hydrogen-bond donors (Lipinski definition) is 2. The van der Waals surface area contributed by atoms with E-state index in [0.29, 0.717) is 24.3 Å². The molecule has 9 nitrogen and oxygen atoms in total. The molecule has 4 rings (SSSR count). The zero-order valence-electron chi connectivity index (χ0n) is 21.8. The SMILES string of the molecule is COc1ccc(Cl)cc1S(=O)(=O)N[C@H](Cc1ccccc1)C(=O)Nc1ccc(C(=O)N2CCN(C)CC2)cc1. The van der Waals surface area contributed by atoms with Crippen molar-refractivity contribution >= 4 is 39.1 Å². The molecule has 1 saturated heterocycles. The van der Waals surface area contributed by atoms with Crippen LogP contribution >= 0.6 is 11.6 Å². The average Bonchev–Trinajstić information content (AvgIpc) is 2.93. The first-order valence-corrected chi connectivity index (χ1v) is 14.3. The van der Waals surface area contributed by atoms with Gasteiger partial charge in [0.2, 0.25) is 15.9 Å². The predicted molar refractivity (Wildman–Crippen MR) is 151 cm³/mol. The normalized spacial score (nSPS) is 15.0. The number of benzene rings is 3. The first-order valence-electron chi connectivity index (χ1n) is 12.4. The third-order valence-corrected chi connectivity index (χ3v) is 8.23. The standard InChI is InChI=1S/C28H31ClN4O5S/c1-32-14-16-33(17-15-32)28(35)21-8-11-23(12-9-21)30-27(34)24(18-20-6-4-3-5-7-20)31-39(36,37)26-19-22(29)10-13-25(26)38-2/h3-13,19,24,31H,14-18H2,1-2H3,(H,30,34)/t24-/m1/s1. The summed E-state index contributed by atoms with van der Waals surface area (Å²) in [5, 5.41) is 2.99. The Bertz CT molecular complexity index is 1410. The molecule has 3 aromatic carbocycles. The highest BCUT2D eigenvalue weighted by molar-refractivity contribution is 7.89. The number of rotatable bonds is 9. The number of halogens is 1. The molecule has 2 N–H and O–H groups in total. The summed E-state index contributed by atoms with van der Waals surface area (Å²) in [6, 6.07) is 18.8. The molecule has 0 aliphatic carbocycles. The number of amides is 2. The molecule has 11 heteroatoms. The van der Waals surface area contributed by atoms with Crippen LogP contribution in [0.15, 0.2) is 77.7 Å². The zero-order valence-corrected chi connectivity index (χ0v) is 23.3. The fourth-order valence-corrected chi connectivity index (χ4v) is 5.89. The number of methoxy groups -OCH3 is 1. The van der Waals surface area contributed by atoms with Crippen molar-refractivity contribution < 1.29 is 22.7 Å². The Morgan fingerprint density at radius 3 is 2.28 bits per heavy atom. The van der Waals surface area contributed by atoms with Gasteiger partial charge in [0.25, 0.3) is 5.91 Å². The van der Waals surface area contributed by atoms with Gasteiger partial charge in [-0.3, -0.25) is 9.59 Å². The van der Waals surface area contributed by atoms with Crippen LogP contribution in [0.1, 0.15) is 15.9 Å². The number of likely N-dealkylation sites (N-methyl/N-ethyl adjacent to an activating group) is 1. The molecule has 3 aromatic rings. The molecule has 1 atom stereocenters. The highest BCUT2D eigenvalue weighted by Crippen LogP contribution is 2.27. The summed E-state index contributed by atoms with van der Waals surface area (Å²) in [4.78, 5) is 30.0. The molecule has 1 heterocycles. The lowest BCUT2D eigenvalue weighted by atomic mass is 10.1. The van der Waals surface area contributed by atoms with Crippen molar-refractivity contribution in [1.29, 1.82) is 0 Å². The van der Waals surface area contributed by atoms with E-state index in [1.54, 1.807) is 24.3 Å². The quantitative estimate of drug-likeness (QED) is 0.409. The third-order valence-electron chi connectivity index (χ3n) is 6.50. The van der Waals surface area contributed by atoms with E-state index < -0.39 is 22.0 Å². The molecule has 1 aliphatic rings. The van der Waals surface area contributed by atoms with Crippen LogP contribution in [0.5, 0.6) is 5.75 Å². The van der Waals surface area contributed by atoms with Crippen LogP contribution in [-0.2, 0) is 21.2 Å². The number of carbonyl (C=O) groups excluding carboxylic acids is 2. The highest BCUT2D eigenvalue weighted by Gasteiger charge is 2.29. The second kappa shape index (κ2) is 12.6. The van der Waals surface area contributed by atoms with Crippen molar-refractivity contribution in [1.82, 2.24) is 14.5 Å². The Morgan fingerprint density at radius 2 is 1.64 bits per heavy atom. The van der Waals surface area contributed by atoms with Crippen molar-refractivity contribution in [2.75, 3.05) is 45.7 Å². The lowest BCUT2D eigenvalue weighted by molar-refractivity contribution is -0.117. The van der Waals surface area contributed by atoms with Gasteiger partial charge in [0.15, 0.2) is 0 Å². The summed E-state index contributed by atoms with van der Waals surface area (Å²) in [6.07, 6.45) is 0.106. The summed E-state index contributed by atoms with van der Waals surface area (Å²) < 4.78 is 34.4. The van der Waals surface area contributed by atoms with E-state index in [-0.39, 0.29) is 28.0 Å². The highest BCUT2D eigenvalue weighted by atomic mass is 35.5. The van der Waals surface area contributed by atoms with Crippen molar-refractivity contribution in [2.45, 2.75) is 17.4 Å². The first-order chi connectivity index (χ1) is 18.7. The third kappa shape index (κ3) is 7.36. The monoisotopic (exact) mass is 570 g/mol. The van der Waals surface area contributed by atoms with E-state index in [4.69, 9.17) is 16.3 Å². The van der Waals surface area contributed by atoms with E-state index in [2.05, 4.69) is 14.9 Å². The maximum atomic E-state index is 13.4. The van der Waals surface area contributed by atoms with Gasteiger partial charge >= 0.3 is 0 Å². The number of hydrogen-bond acceptors (Lipinski definition) is 6. The maximum absolute atomic E-state index is 13.4. The van der Waals surface area contributed by atoms with Crippen molar-refractivity contribution in [3.05, 3.63) is 88.9 Å². The molecular formula is C28H31ClN4O5S. The van der Waals surface area contributed by atoms with Crippen LogP contribution in [0.25, 0.3) is 0 Å². The van der Waals surface area contributed by atoms with Crippen LogP contribution < -0.4 is 14.8 Å². The lowest BCUT2D eigenvalue weighted by Gasteiger charge is -2.32. The smallest absolute Gasteiger partial charge is 0.253 e. The Hall–Kier alpha value is -3.44. The van der Waals surface area contributed by atoms with Gasteiger partial charge in [-0.1, -0.05) is 41.9 Å². The number of nitrogens with one attached hydrogen (secondary N) is 2. The van der Waals surface area contributed by atoms with Crippen LogP contribution in [0, 0.1) is 0 Å². The number of sulfonamides is 1. The summed E-state index contributed by atoms with van der Waals surface area (Å²) in [5.74, 6) is -0.515. The number of carbonyl (C=O) groups is 2. The van der Waals surface area contributed by atoms with E-state index in [1.807, 2.05) is 42.3 Å². The molecule has 1 fully saturated rings. The van der Waals surface area contributed by atoms with Gasteiger partial charge in [0.1, 0.15) is 16.7 Å². The van der Waals surface area contributed by atoms with Gasteiger partial charge in [-0.05, 0) is 61.5 Å². The van der Waals surface area contributed by atoms with Gasteiger partial charge in [-0.15, -0.1) is 0 Å². The molecule has 0 bridgehead atoms. The van der Waals surface area contributed by atoms with E-state index in [1.165, 1.54) is 25.3 Å². The first kappa shape index (κ1) is 28.6. The zero-order chi connectivity index (χ0) is 28.0. The van der Waals surface area contributed by atoms with Crippen LogP contribution in [0.2, 0.25) is 5.02 Å². The minimum Gasteiger partial charge on any atom is -0.495 e. The molecule has 39 heavy (non-hydrogen) atoms. The molecule has 0 radical (unpaired) electrons. The van der Waals surface area contributed by atoms with Gasteiger partial charge in [0, 0.05) is 42.5 Å².